The van der Waals surface area contributed by atoms with Gasteiger partial charge in [0.05, 0.1) is 12.2 Å². The first-order valence-electron chi connectivity index (χ1n) is 14.9. The van der Waals surface area contributed by atoms with Crippen molar-refractivity contribution in [3.8, 4) is 0 Å². The Bertz CT molecular complexity index is 1100. The van der Waals surface area contributed by atoms with E-state index in [0.29, 0.717) is 32.4 Å². The predicted molar refractivity (Wildman–Crippen MR) is 148 cm³/mol. The molecule has 0 aromatic carbocycles. The zero-order valence-corrected chi connectivity index (χ0v) is 24.9. The van der Waals surface area contributed by atoms with Crippen molar-refractivity contribution in [1.82, 2.24) is 9.80 Å². The zero-order valence-electron chi connectivity index (χ0n) is 24.9. The maximum absolute atomic E-state index is 14.2. The Morgan fingerprint density at radius 2 is 1.95 bits per heavy atom. The molecular formula is C31H46N2O7. The second-order valence-corrected chi connectivity index (χ2v) is 13.3. The number of nitrogens with zero attached hydrogens (tertiary/aromatic N) is 2. The number of hydrogen-bond acceptors (Lipinski definition) is 8. The van der Waals surface area contributed by atoms with Crippen LogP contribution in [0.3, 0.4) is 0 Å². The number of carbonyl (C=O) groups is 3. The van der Waals surface area contributed by atoms with Crippen LogP contribution in [0, 0.1) is 28.6 Å². The van der Waals surface area contributed by atoms with Gasteiger partial charge in [0.25, 0.3) is 0 Å². The van der Waals surface area contributed by atoms with E-state index in [2.05, 4.69) is 20.8 Å². The van der Waals surface area contributed by atoms with Crippen LogP contribution < -0.4 is 0 Å². The summed E-state index contributed by atoms with van der Waals surface area (Å²) in [6.45, 7) is 7.03. The molecule has 0 radical (unpaired) electrons. The highest BCUT2D eigenvalue weighted by molar-refractivity contribution is 6.01. The number of allylic oxidation sites excluding steroid dienone is 4. The molecule has 40 heavy (non-hydrogen) atoms. The number of likely N-dealkylation sites (N-methyl/N-ethyl adjacent to an activating group) is 2. The van der Waals surface area contributed by atoms with Crippen LogP contribution in [0.25, 0.3) is 0 Å². The van der Waals surface area contributed by atoms with Gasteiger partial charge in [-0.25, -0.2) is 4.79 Å². The van der Waals surface area contributed by atoms with Crippen molar-refractivity contribution in [1.29, 1.82) is 0 Å². The van der Waals surface area contributed by atoms with Gasteiger partial charge in [0.1, 0.15) is 0 Å². The molecule has 1 amide bonds. The number of amides is 1. The highest BCUT2D eigenvalue weighted by atomic mass is 16.7. The van der Waals surface area contributed by atoms with Crippen LogP contribution in [-0.2, 0) is 23.8 Å². The molecule has 1 saturated heterocycles. The second-order valence-electron chi connectivity index (χ2n) is 13.3. The molecule has 9 atom stereocenters. The summed E-state index contributed by atoms with van der Waals surface area (Å²) in [5, 5.41) is 11.8. The molecule has 0 bridgehead atoms. The maximum atomic E-state index is 14.2. The van der Waals surface area contributed by atoms with Gasteiger partial charge in [-0.05, 0) is 70.2 Å². The highest BCUT2D eigenvalue weighted by Crippen LogP contribution is 2.69. The van der Waals surface area contributed by atoms with Gasteiger partial charge in [0.15, 0.2) is 24.3 Å². The van der Waals surface area contributed by atoms with E-state index in [1.54, 1.807) is 19.2 Å². The van der Waals surface area contributed by atoms with E-state index in [0.717, 1.165) is 24.8 Å². The normalized spacial score (nSPS) is 41.6. The fraction of sp³-hybridized carbons (Fsp3) is 0.774. The van der Waals surface area contributed by atoms with E-state index in [4.69, 9.17) is 14.2 Å². The smallest absolute Gasteiger partial charge is 0.409 e. The number of fused-ring (bicyclic) bond motifs is 7. The molecule has 1 aliphatic heterocycles. The Morgan fingerprint density at radius 1 is 1.20 bits per heavy atom. The quantitative estimate of drug-likeness (QED) is 0.484. The molecule has 9 heteroatoms. The van der Waals surface area contributed by atoms with Crippen molar-refractivity contribution in [2.45, 2.75) is 83.4 Å². The highest BCUT2D eigenvalue weighted by Gasteiger charge is 2.75. The molecule has 0 aromatic heterocycles. The molecule has 3 saturated carbocycles. The summed E-state index contributed by atoms with van der Waals surface area (Å²) in [5.74, 6) is -0.116. The summed E-state index contributed by atoms with van der Waals surface area (Å²) in [5.41, 5.74) is -1.28. The lowest BCUT2D eigenvalue weighted by atomic mass is 9.46. The predicted octanol–water partition coefficient (Wildman–Crippen LogP) is 3.35. The monoisotopic (exact) mass is 558 g/mol. The summed E-state index contributed by atoms with van der Waals surface area (Å²) in [6, 6.07) is 0. The summed E-state index contributed by atoms with van der Waals surface area (Å²) in [4.78, 5) is 42.5. The fourth-order valence-corrected chi connectivity index (χ4v) is 8.79. The van der Waals surface area contributed by atoms with Gasteiger partial charge in [-0.3, -0.25) is 9.59 Å². The molecular weight excluding hydrogens is 512 g/mol. The molecule has 5 rings (SSSR count). The third-order valence-electron chi connectivity index (χ3n) is 10.7. The number of hydrogen-bond donors (Lipinski definition) is 1. The minimum absolute atomic E-state index is 0.00619. The van der Waals surface area contributed by atoms with E-state index in [9.17, 15) is 19.5 Å². The molecule has 5 aliphatic rings. The Morgan fingerprint density at radius 3 is 2.65 bits per heavy atom. The van der Waals surface area contributed by atoms with Crippen molar-refractivity contribution in [3.05, 3.63) is 23.8 Å². The Balaban J connectivity index is 1.42. The van der Waals surface area contributed by atoms with Gasteiger partial charge in [-0.1, -0.05) is 38.8 Å². The first-order chi connectivity index (χ1) is 18.9. The number of ether oxygens (including phenoxy) is 3. The summed E-state index contributed by atoms with van der Waals surface area (Å²) in [6.07, 6.45) is 7.34. The van der Waals surface area contributed by atoms with Crippen LogP contribution >= 0.6 is 0 Å². The van der Waals surface area contributed by atoms with Crippen LogP contribution in [0.15, 0.2) is 23.8 Å². The Hall–Kier alpha value is -2.07. The number of ketones is 2. The van der Waals surface area contributed by atoms with E-state index in [-0.39, 0.29) is 29.3 Å². The third-order valence-corrected chi connectivity index (χ3v) is 10.7. The molecule has 1 heterocycles. The molecule has 1 N–H and O–H groups in total. The minimum atomic E-state index is -1.29. The summed E-state index contributed by atoms with van der Waals surface area (Å²) >= 11 is 0. The zero-order chi connectivity index (χ0) is 29.0. The minimum Gasteiger partial charge on any atom is -0.441 e. The molecule has 4 aliphatic carbocycles. The van der Waals surface area contributed by atoms with Crippen LogP contribution in [-0.4, -0.2) is 97.5 Å². The number of rotatable bonds is 8. The second kappa shape index (κ2) is 10.6. The molecule has 9 nitrogen and oxygen atoms in total. The first kappa shape index (κ1) is 29.4. The number of aliphatic hydroxyl groups is 1. The van der Waals surface area contributed by atoms with Gasteiger partial charge >= 0.3 is 6.09 Å². The van der Waals surface area contributed by atoms with E-state index < -0.39 is 47.6 Å². The van der Waals surface area contributed by atoms with Crippen LogP contribution in [0.1, 0.15) is 59.3 Å². The van der Waals surface area contributed by atoms with Crippen LogP contribution in [0.4, 0.5) is 4.79 Å². The molecule has 222 valence electrons. The summed E-state index contributed by atoms with van der Waals surface area (Å²) in [7, 11) is 5.52. The molecule has 4 fully saturated rings. The average molecular weight is 559 g/mol. The van der Waals surface area contributed by atoms with Gasteiger partial charge in [-0.2, -0.15) is 0 Å². The fourth-order valence-electron chi connectivity index (χ4n) is 8.79. The third kappa shape index (κ3) is 4.48. The van der Waals surface area contributed by atoms with E-state index in [1.807, 2.05) is 25.1 Å². The first-order valence-corrected chi connectivity index (χ1v) is 14.9. The van der Waals surface area contributed by atoms with E-state index in [1.165, 1.54) is 4.90 Å². The largest absolute Gasteiger partial charge is 0.441 e. The maximum Gasteiger partial charge on any atom is 0.409 e. The van der Waals surface area contributed by atoms with Crippen molar-refractivity contribution in [2.75, 3.05) is 40.8 Å². The Labute approximate surface area is 237 Å². The molecule has 0 aromatic rings. The van der Waals surface area contributed by atoms with Gasteiger partial charge in [-0.15, -0.1) is 0 Å². The van der Waals surface area contributed by atoms with Gasteiger partial charge in [0, 0.05) is 36.9 Å². The number of carbonyl (C=O) groups excluding carboxylic acids is 3. The average Bonchev–Trinajstić information content (AvgIpc) is 3.38. The van der Waals surface area contributed by atoms with Crippen LogP contribution in [0.2, 0.25) is 0 Å². The molecule has 0 spiro atoms. The van der Waals surface area contributed by atoms with Crippen molar-refractivity contribution >= 4 is 17.7 Å². The van der Waals surface area contributed by atoms with Crippen molar-refractivity contribution in [3.63, 3.8) is 0 Å². The lowest BCUT2D eigenvalue weighted by Gasteiger charge is -2.59. The standard InChI is InChI=1S/C31H46N2O7/c1-7-8-26-39-25-16-22-21-10-9-19-15-20(34)11-12-29(19,2)27(21)23(35)17-30(22,3)31(25,40-26)24(36)18-38-28(37)33(6)14-13-32(4)5/h11-12,15,21-23,25-27,35H,7-10,13-14,16-18H2,1-6H3/t21-,22-,23-,25+,26?,27+,29-,30-,31+/m0/s1. The summed E-state index contributed by atoms with van der Waals surface area (Å²) < 4.78 is 18.6. The van der Waals surface area contributed by atoms with Gasteiger partial charge < -0.3 is 29.1 Å². The van der Waals surface area contributed by atoms with Gasteiger partial charge in [0.2, 0.25) is 5.78 Å². The van der Waals surface area contributed by atoms with Crippen molar-refractivity contribution < 1.29 is 33.7 Å². The Kier molecular flexibility index (Phi) is 7.83. The number of aliphatic hydroxyl groups excluding tert-OH is 1. The van der Waals surface area contributed by atoms with E-state index >= 15 is 0 Å². The lowest BCUT2D eigenvalue weighted by Crippen LogP contribution is -2.63. The van der Waals surface area contributed by atoms with Crippen molar-refractivity contribution in [2.24, 2.45) is 28.6 Å². The SMILES string of the molecule is CCCC1O[C@@H]2C[C@H]3[C@@H]4CCC5=CC(=O)C=C[C@]5(C)[C@H]4[C@@H](O)C[C@]3(C)[C@]2(C(=O)COC(=O)N(C)CCN(C)C)O1. The molecule has 1 unspecified atom stereocenters. The van der Waals surface area contributed by atoms with Crippen LogP contribution in [0.5, 0.6) is 0 Å². The topological polar surface area (TPSA) is 106 Å². The lowest BCUT2D eigenvalue weighted by molar-refractivity contribution is -0.200. The number of Topliss-reactive ketones (excluding diaryl/α,β-unsaturated/α-hetero) is 1.